The molecule has 1 atom stereocenters. The van der Waals surface area contributed by atoms with Crippen molar-refractivity contribution in [1.29, 1.82) is 0 Å². The lowest BCUT2D eigenvalue weighted by Crippen LogP contribution is -2.35. The number of carbonyl (C=O) groups excluding carboxylic acids is 2. The molecule has 0 radical (unpaired) electrons. The van der Waals surface area contributed by atoms with Gasteiger partial charge in [-0.25, -0.2) is 4.79 Å². The van der Waals surface area contributed by atoms with E-state index in [4.69, 9.17) is 4.74 Å². The third-order valence-corrected chi connectivity index (χ3v) is 6.79. The minimum atomic E-state index is -0.822. The molecule has 1 heterocycles. The van der Waals surface area contributed by atoms with Crippen LogP contribution in [0.2, 0.25) is 0 Å². The maximum Gasteiger partial charge on any atom is 0.407 e. The third-order valence-electron chi connectivity index (χ3n) is 6.79. The lowest BCUT2D eigenvalue weighted by atomic mass is 9.92. The fourth-order valence-electron chi connectivity index (χ4n) is 4.67. The molecule has 1 fully saturated rings. The molecule has 5 N–H and O–H groups in total. The molecular formula is C28H35N3O6. The molecule has 9 heteroatoms. The van der Waals surface area contributed by atoms with Gasteiger partial charge in [-0.2, -0.15) is 0 Å². The number of carbonyl (C=O) groups is 2. The zero-order valence-electron chi connectivity index (χ0n) is 21.7. The molecule has 9 nitrogen and oxygen atoms in total. The fourth-order valence-corrected chi connectivity index (χ4v) is 4.67. The minimum Gasteiger partial charge on any atom is -0.504 e. The second-order valence-corrected chi connectivity index (χ2v) is 10.7. The maximum atomic E-state index is 13.2. The van der Waals surface area contributed by atoms with Crippen LogP contribution in [0, 0.1) is 0 Å². The highest BCUT2D eigenvalue weighted by Gasteiger charge is 2.51. The molecular weight excluding hydrogens is 474 g/mol. The third kappa shape index (κ3) is 5.51. The summed E-state index contributed by atoms with van der Waals surface area (Å²) in [7, 11) is 0. The summed E-state index contributed by atoms with van der Waals surface area (Å²) < 4.78 is 6.90. The number of aromatic hydroxyl groups is 2. The number of aliphatic hydroxyl groups excluding tert-OH is 1. The van der Waals surface area contributed by atoms with Crippen molar-refractivity contribution in [2.45, 2.75) is 64.0 Å². The van der Waals surface area contributed by atoms with Crippen LogP contribution in [-0.2, 0) is 26.9 Å². The summed E-state index contributed by atoms with van der Waals surface area (Å²) in [5.41, 5.74) is 2.30. The molecule has 0 saturated heterocycles. The van der Waals surface area contributed by atoms with Crippen molar-refractivity contribution in [3.8, 4) is 11.5 Å². The maximum absolute atomic E-state index is 13.2. The lowest BCUT2D eigenvalue weighted by molar-refractivity contribution is -0.118. The monoisotopic (exact) mass is 509 g/mol. The molecule has 0 bridgehead atoms. The van der Waals surface area contributed by atoms with Gasteiger partial charge in [-0.15, -0.1) is 0 Å². The number of phenols is 2. The number of nitrogens with one attached hydrogen (secondary N) is 2. The first-order chi connectivity index (χ1) is 17.4. The Morgan fingerprint density at radius 3 is 2.43 bits per heavy atom. The van der Waals surface area contributed by atoms with Gasteiger partial charge in [0.05, 0.1) is 24.7 Å². The highest BCUT2D eigenvalue weighted by atomic mass is 16.5. The summed E-state index contributed by atoms with van der Waals surface area (Å²) >= 11 is 0. The average molecular weight is 510 g/mol. The Bertz CT molecular complexity index is 1320. The van der Waals surface area contributed by atoms with E-state index in [0.29, 0.717) is 24.1 Å². The molecule has 37 heavy (non-hydrogen) atoms. The predicted molar refractivity (Wildman–Crippen MR) is 141 cm³/mol. The van der Waals surface area contributed by atoms with Gasteiger partial charge >= 0.3 is 6.09 Å². The topological polar surface area (TPSA) is 133 Å². The molecule has 4 rings (SSSR count). The first kappa shape index (κ1) is 26.3. The van der Waals surface area contributed by atoms with Crippen LogP contribution in [0.25, 0.3) is 10.9 Å². The Hall–Kier alpha value is -3.72. The molecule has 1 saturated carbocycles. The number of amides is 2. The predicted octanol–water partition coefficient (Wildman–Crippen LogP) is 4.13. The van der Waals surface area contributed by atoms with Crippen LogP contribution in [0.15, 0.2) is 42.5 Å². The van der Waals surface area contributed by atoms with Crippen molar-refractivity contribution in [3.63, 3.8) is 0 Å². The van der Waals surface area contributed by atoms with Crippen LogP contribution in [0.4, 0.5) is 10.5 Å². The molecule has 2 amide bonds. The number of alkyl carbamates (subject to hydrolysis) is 1. The van der Waals surface area contributed by atoms with Crippen LogP contribution in [0.5, 0.6) is 11.5 Å². The largest absolute Gasteiger partial charge is 0.504 e. The van der Waals surface area contributed by atoms with Crippen LogP contribution < -0.4 is 10.6 Å². The molecule has 0 unspecified atom stereocenters. The van der Waals surface area contributed by atoms with Crippen LogP contribution >= 0.6 is 0 Å². The van der Waals surface area contributed by atoms with Gasteiger partial charge in [0.25, 0.3) is 0 Å². The molecule has 0 spiro atoms. The van der Waals surface area contributed by atoms with Gasteiger partial charge in [-0.05, 0) is 61.7 Å². The quantitative estimate of drug-likeness (QED) is 0.290. The smallest absolute Gasteiger partial charge is 0.407 e. The first-order valence-corrected chi connectivity index (χ1v) is 12.5. The highest BCUT2D eigenvalue weighted by molar-refractivity contribution is 6.02. The van der Waals surface area contributed by atoms with Gasteiger partial charge in [-0.3, -0.25) is 4.79 Å². The van der Waals surface area contributed by atoms with Gasteiger partial charge in [-0.1, -0.05) is 26.8 Å². The molecule has 1 aromatic heterocycles. The van der Waals surface area contributed by atoms with E-state index in [9.17, 15) is 24.9 Å². The zero-order chi connectivity index (χ0) is 27.0. The Labute approximate surface area is 216 Å². The van der Waals surface area contributed by atoms with Crippen molar-refractivity contribution < 1.29 is 29.6 Å². The summed E-state index contributed by atoms with van der Waals surface area (Å²) in [5.74, 6) is -0.618. The summed E-state index contributed by atoms with van der Waals surface area (Å²) in [6, 6.07) is 12.2. The summed E-state index contributed by atoms with van der Waals surface area (Å²) in [6.07, 6.45) is -0.0653. The van der Waals surface area contributed by atoms with E-state index in [2.05, 4.69) is 37.5 Å². The normalized spacial score (nSPS) is 15.3. The number of fused-ring (bicyclic) bond motifs is 1. The molecule has 198 valence electrons. The van der Waals surface area contributed by atoms with E-state index >= 15 is 0 Å². The number of nitrogens with zero attached hydrogens (tertiary/aromatic N) is 1. The second-order valence-electron chi connectivity index (χ2n) is 10.7. The molecule has 3 aromatic rings. The van der Waals surface area contributed by atoms with Crippen LogP contribution in [0.1, 0.15) is 51.8 Å². The van der Waals surface area contributed by atoms with Gasteiger partial charge in [0.1, 0.15) is 0 Å². The van der Waals surface area contributed by atoms with E-state index in [-0.39, 0.29) is 42.5 Å². The van der Waals surface area contributed by atoms with Gasteiger partial charge in [0.15, 0.2) is 11.5 Å². The van der Waals surface area contributed by atoms with Gasteiger partial charge < -0.3 is 35.3 Å². The van der Waals surface area contributed by atoms with E-state index in [1.165, 1.54) is 12.1 Å². The number of phenolic OH excluding ortho intramolecular Hbond substituents is 2. The van der Waals surface area contributed by atoms with Crippen molar-refractivity contribution in [2.75, 3.05) is 18.5 Å². The Morgan fingerprint density at radius 2 is 1.81 bits per heavy atom. The number of benzene rings is 2. The Balaban J connectivity index is 1.56. The average Bonchev–Trinajstić information content (AvgIpc) is 3.56. The first-order valence-electron chi connectivity index (χ1n) is 12.5. The van der Waals surface area contributed by atoms with Crippen molar-refractivity contribution in [1.82, 2.24) is 9.88 Å². The Morgan fingerprint density at radius 1 is 1.08 bits per heavy atom. The van der Waals surface area contributed by atoms with Crippen molar-refractivity contribution in [3.05, 3.63) is 53.7 Å². The SMILES string of the molecule is CCOC(=O)NC[C@H](O)Cn1c(C(C)(C)C)cc2cc(NC(=O)C3(c4ccc(O)c(O)c4)CC3)ccc21. The number of rotatable bonds is 8. The number of aliphatic hydroxyl groups is 1. The van der Waals surface area contributed by atoms with E-state index in [1.54, 1.807) is 13.0 Å². The zero-order valence-corrected chi connectivity index (χ0v) is 21.7. The number of hydrogen-bond acceptors (Lipinski definition) is 6. The summed E-state index contributed by atoms with van der Waals surface area (Å²) in [4.78, 5) is 24.8. The lowest BCUT2D eigenvalue weighted by Gasteiger charge is -2.24. The summed E-state index contributed by atoms with van der Waals surface area (Å²) in [5, 5.41) is 36.6. The number of hydrogen-bond donors (Lipinski definition) is 5. The fraction of sp³-hybridized carbons (Fsp3) is 0.429. The summed E-state index contributed by atoms with van der Waals surface area (Å²) in [6.45, 7) is 8.59. The molecule has 2 aromatic carbocycles. The van der Waals surface area contributed by atoms with E-state index in [1.807, 2.05) is 22.8 Å². The highest BCUT2D eigenvalue weighted by Crippen LogP contribution is 2.50. The standard InChI is InChI=1S/C28H35N3O6/c1-5-37-26(36)29-15-20(32)16-31-21-8-7-19(12-17(21)13-24(31)27(2,3)4)30-25(35)28(10-11-28)18-6-9-22(33)23(34)14-18/h6-9,12-14,20,32-34H,5,10-11,15-16H2,1-4H3,(H,29,36)(H,30,35)/t20-/m0/s1. The van der Waals surface area contributed by atoms with Gasteiger partial charge in [0.2, 0.25) is 5.91 Å². The molecule has 1 aliphatic carbocycles. The number of anilines is 1. The van der Waals surface area contributed by atoms with Crippen molar-refractivity contribution >= 4 is 28.6 Å². The minimum absolute atomic E-state index is 0.0606. The van der Waals surface area contributed by atoms with E-state index < -0.39 is 17.6 Å². The second kappa shape index (κ2) is 9.97. The molecule has 0 aliphatic heterocycles. The Kier molecular flexibility index (Phi) is 7.10. The number of aromatic nitrogens is 1. The number of ether oxygens (including phenoxy) is 1. The van der Waals surface area contributed by atoms with Crippen molar-refractivity contribution in [2.24, 2.45) is 0 Å². The van der Waals surface area contributed by atoms with Gasteiger partial charge in [0, 0.05) is 34.2 Å². The molecule has 1 aliphatic rings. The van der Waals surface area contributed by atoms with E-state index in [0.717, 1.165) is 16.6 Å². The van der Waals surface area contributed by atoms with Crippen LogP contribution in [-0.4, -0.2) is 51.1 Å². The van der Waals surface area contributed by atoms with Crippen LogP contribution in [0.3, 0.4) is 0 Å².